The molecule has 0 aliphatic heterocycles. The Labute approximate surface area is 75.0 Å². The SMILES string of the molecule is CC(=O)C(C)CC(C)(O)C(C)C. The predicted molar refractivity (Wildman–Crippen MR) is 49.9 cm³/mol. The second-order valence-corrected chi connectivity index (χ2v) is 4.23. The van der Waals surface area contributed by atoms with Crippen LogP contribution in [0.2, 0.25) is 0 Å². The summed E-state index contributed by atoms with van der Waals surface area (Å²) >= 11 is 0. The average molecular weight is 172 g/mol. The van der Waals surface area contributed by atoms with E-state index in [4.69, 9.17) is 0 Å². The van der Waals surface area contributed by atoms with E-state index in [-0.39, 0.29) is 17.6 Å². The molecular weight excluding hydrogens is 152 g/mol. The molecule has 2 nitrogen and oxygen atoms in total. The van der Waals surface area contributed by atoms with Crippen LogP contribution in [-0.4, -0.2) is 16.5 Å². The lowest BCUT2D eigenvalue weighted by atomic mass is 9.83. The molecule has 0 aromatic rings. The summed E-state index contributed by atoms with van der Waals surface area (Å²) in [6, 6.07) is 0. The van der Waals surface area contributed by atoms with Crippen LogP contribution in [0, 0.1) is 11.8 Å². The van der Waals surface area contributed by atoms with Crippen molar-refractivity contribution in [2.45, 2.75) is 46.6 Å². The maximum absolute atomic E-state index is 10.9. The topological polar surface area (TPSA) is 37.3 Å². The third-order valence-electron chi connectivity index (χ3n) is 2.66. The summed E-state index contributed by atoms with van der Waals surface area (Å²) in [6.07, 6.45) is 0.556. The van der Waals surface area contributed by atoms with Gasteiger partial charge in [-0.05, 0) is 26.2 Å². The van der Waals surface area contributed by atoms with E-state index < -0.39 is 5.60 Å². The Balaban J connectivity index is 4.15. The van der Waals surface area contributed by atoms with Crippen molar-refractivity contribution in [1.29, 1.82) is 0 Å². The van der Waals surface area contributed by atoms with Crippen molar-refractivity contribution in [3.63, 3.8) is 0 Å². The fourth-order valence-corrected chi connectivity index (χ4v) is 0.999. The molecule has 0 spiro atoms. The third-order valence-corrected chi connectivity index (χ3v) is 2.66. The summed E-state index contributed by atoms with van der Waals surface area (Å²) in [4.78, 5) is 10.9. The van der Waals surface area contributed by atoms with E-state index in [1.54, 1.807) is 13.8 Å². The van der Waals surface area contributed by atoms with Gasteiger partial charge in [-0.2, -0.15) is 0 Å². The molecule has 0 aliphatic rings. The van der Waals surface area contributed by atoms with Crippen LogP contribution >= 0.6 is 0 Å². The van der Waals surface area contributed by atoms with Gasteiger partial charge in [-0.25, -0.2) is 0 Å². The second-order valence-electron chi connectivity index (χ2n) is 4.23. The summed E-state index contributed by atoms with van der Waals surface area (Å²) < 4.78 is 0. The van der Waals surface area contributed by atoms with E-state index in [1.807, 2.05) is 20.8 Å². The van der Waals surface area contributed by atoms with E-state index in [0.29, 0.717) is 6.42 Å². The smallest absolute Gasteiger partial charge is 0.132 e. The Morgan fingerprint density at radius 3 is 2.08 bits per heavy atom. The van der Waals surface area contributed by atoms with Gasteiger partial charge in [-0.1, -0.05) is 20.8 Å². The molecule has 0 aromatic carbocycles. The molecule has 0 saturated heterocycles. The Kier molecular flexibility index (Phi) is 3.91. The van der Waals surface area contributed by atoms with Crippen LogP contribution in [0.1, 0.15) is 41.0 Å². The van der Waals surface area contributed by atoms with Crippen molar-refractivity contribution in [3.8, 4) is 0 Å². The third kappa shape index (κ3) is 3.35. The van der Waals surface area contributed by atoms with Crippen molar-refractivity contribution in [2.24, 2.45) is 11.8 Å². The van der Waals surface area contributed by atoms with E-state index in [2.05, 4.69) is 0 Å². The van der Waals surface area contributed by atoms with Crippen LogP contribution in [0.3, 0.4) is 0 Å². The van der Waals surface area contributed by atoms with Gasteiger partial charge in [0.1, 0.15) is 5.78 Å². The standard InChI is InChI=1S/C10H20O2/c1-7(2)10(5,12)6-8(3)9(4)11/h7-8,12H,6H2,1-5H3. The number of ketones is 1. The number of hydrogen-bond donors (Lipinski definition) is 1. The van der Waals surface area contributed by atoms with Gasteiger partial charge in [0.05, 0.1) is 5.60 Å². The molecule has 0 radical (unpaired) electrons. The zero-order chi connectivity index (χ0) is 9.94. The van der Waals surface area contributed by atoms with Gasteiger partial charge in [0.15, 0.2) is 0 Å². The number of hydrogen-bond acceptors (Lipinski definition) is 2. The van der Waals surface area contributed by atoms with Gasteiger partial charge < -0.3 is 5.11 Å². The largest absolute Gasteiger partial charge is 0.390 e. The number of aliphatic hydroxyl groups is 1. The first kappa shape index (κ1) is 11.6. The first-order valence-electron chi connectivity index (χ1n) is 4.50. The first-order valence-corrected chi connectivity index (χ1v) is 4.50. The molecular formula is C10H20O2. The highest BCUT2D eigenvalue weighted by Crippen LogP contribution is 2.24. The van der Waals surface area contributed by atoms with Crippen LogP contribution in [0.15, 0.2) is 0 Å². The number of rotatable bonds is 4. The molecule has 12 heavy (non-hydrogen) atoms. The van der Waals surface area contributed by atoms with E-state index in [9.17, 15) is 9.90 Å². The average Bonchev–Trinajstić information content (AvgIpc) is 1.85. The minimum absolute atomic E-state index is 0.0394. The lowest BCUT2D eigenvalue weighted by Gasteiger charge is -2.29. The lowest BCUT2D eigenvalue weighted by Crippen LogP contribution is -2.34. The first-order chi connectivity index (χ1) is 5.27. The molecule has 0 aromatic heterocycles. The highest BCUT2D eigenvalue weighted by atomic mass is 16.3. The normalized spacial score (nSPS) is 18.9. The summed E-state index contributed by atoms with van der Waals surface area (Å²) in [5.74, 6) is 0.303. The summed E-state index contributed by atoms with van der Waals surface area (Å²) in [6.45, 7) is 9.15. The Hall–Kier alpha value is -0.370. The highest BCUT2D eigenvalue weighted by Gasteiger charge is 2.28. The van der Waals surface area contributed by atoms with Crippen molar-refractivity contribution >= 4 is 5.78 Å². The quantitative estimate of drug-likeness (QED) is 0.704. The monoisotopic (exact) mass is 172 g/mol. The molecule has 1 N–H and O–H groups in total. The Morgan fingerprint density at radius 1 is 1.42 bits per heavy atom. The maximum atomic E-state index is 10.9. The van der Waals surface area contributed by atoms with Crippen molar-refractivity contribution in [3.05, 3.63) is 0 Å². The van der Waals surface area contributed by atoms with E-state index in [0.717, 1.165) is 0 Å². The van der Waals surface area contributed by atoms with Gasteiger partial charge >= 0.3 is 0 Å². The number of carbonyl (C=O) groups excluding carboxylic acids is 1. The molecule has 2 heteroatoms. The Morgan fingerprint density at radius 2 is 1.83 bits per heavy atom. The van der Waals surface area contributed by atoms with E-state index in [1.165, 1.54) is 0 Å². The van der Waals surface area contributed by atoms with E-state index >= 15 is 0 Å². The molecule has 2 atom stereocenters. The summed E-state index contributed by atoms with van der Waals surface area (Å²) in [5.41, 5.74) is -0.717. The zero-order valence-corrected chi connectivity index (χ0v) is 8.72. The van der Waals surface area contributed by atoms with Crippen molar-refractivity contribution < 1.29 is 9.90 Å². The minimum Gasteiger partial charge on any atom is -0.390 e. The van der Waals surface area contributed by atoms with Crippen LogP contribution in [0.5, 0.6) is 0 Å². The molecule has 0 fully saturated rings. The molecule has 0 heterocycles. The summed E-state index contributed by atoms with van der Waals surface area (Å²) in [7, 11) is 0. The van der Waals surface area contributed by atoms with Gasteiger partial charge in [0.25, 0.3) is 0 Å². The molecule has 2 unspecified atom stereocenters. The molecule has 0 amide bonds. The van der Waals surface area contributed by atoms with Crippen LogP contribution in [0.4, 0.5) is 0 Å². The van der Waals surface area contributed by atoms with Gasteiger partial charge in [0, 0.05) is 5.92 Å². The maximum Gasteiger partial charge on any atom is 0.132 e. The lowest BCUT2D eigenvalue weighted by molar-refractivity contribution is -0.123. The number of carbonyl (C=O) groups is 1. The molecule has 72 valence electrons. The van der Waals surface area contributed by atoms with Gasteiger partial charge in [-0.15, -0.1) is 0 Å². The molecule has 0 aliphatic carbocycles. The summed E-state index contributed by atoms with van der Waals surface area (Å²) in [5, 5.41) is 9.86. The Bertz CT molecular complexity index is 159. The van der Waals surface area contributed by atoms with Gasteiger partial charge in [0.2, 0.25) is 0 Å². The van der Waals surface area contributed by atoms with Crippen molar-refractivity contribution in [2.75, 3.05) is 0 Å². The zero-order valence-electron chi connectivity index (χ0n) is 8.72. The molecule has 0 bridgehead atoms. The van der Waals surface area contributed by atoms with Crippen LogP contribution < -0.4 is 0 Å². The fraction of sp³-hybridized carbons (Fsp3) is 0.900. The number of Topliss-reactive ketones (excluding diaryl/α,β-unsaturated/α-hetero) is 1. The van der Waals surface area contributed by atoms with Crippen LogP contribution in [-0.2, 0) is 4.79 Å². The van der Waals surface area contributed by atoms with Crippen molar-refractivity contribution in [1.82, 2.24) is 0 Å². The highest BCUT2D eigenvalue weighted by molar-refractivity contribution is 5.77. The van der Waals surface area contributed by atoms with Crippen LogP contribution in [0.25, 0.3) is 0 Å². The second kappa shape index (κ2) is 4.04. The minimum atomic E-state index is -0.717. The van der Waals surface area contributed by atoms with Gasteiger partial charge in [-0.3, -0.25) is 4.79 Å². The predicted octanol–water partition coefficient (Wildman–Crippen LogP) is 2.01. The molecule has 0 saturated carbocycles. The molecule has 0 rings (SSSR count). The fourth-order valence-electron chi connectivity index (χ4n) is 0.999.